The third kappa shape index (κ3) is 3.15. The molecule has 114 valence electrons. The first-order chi connectivity index (χ1) is 10.2. The Bertz CT molecular complexity index is 486. The van der Waals surface area contributed by atoms with Gasteiger partial charge in [-0.25, -0.2) is 9.97 Å². The van der Waals surface area contributed by atoms with Crippen LogP contribution in [-0.4, -0.2) is 47.1 Å². The topological polar surface area (TPSA) is 70.2 Å². The van der Waals surface area contributed by atoms with E-state index in [2.05, 4.69) is 25.5 Å². The van der Waals surface area contributed by atoms with E-state index in [1.54, 1.807) is 12.4 Å². The molecule has 2 atom stereocenters. The van der Waals surface area contributed by atoms with Gasteiger partial charge in [0.15, 0.2) is 0 Å². The third-order valence-electron chi connectivity index (χ3n) is 4.46. The Morgan fingerprint density at radius 1 is 1.43 bits per heavy atom. The second kappa shape index (κ2) is 5.97. The highest BCUT2D eigenvalue weighted by atomic mass is 16.2. The van der Waals surface area contributed by atoms with E-state index in [1.165, 1.54) is 0 Å². The molecule has 2 aliphatic rings. The number of nitrogens with one attached hydrogen (secondary N) is 2. The van der Waals surface area contributed by atoms with E-state index in [0.717, 1.165) is 51.3 Å². The number of anilines is 1. The largest absolute Gasteiger partial charge is 0.350 e. The minimum Gasteiger partial charge on any atom is -0.350 e. The highest BCUT2D eigenvalue weighted by Gasteiger charge is 2.37. The van der Waals surface area contributed by atoms with E-state index < -0.39 is 5.54 Å². The minimum atomic E-state index is -0.397. The standard InChI is InChI=1S/C15H23N5O/c1-15(6-3-9-18-15)13(21)19-12-5-2-10-20(11-12)14-16-7-4-8-17-14/h4,7-8,12,18H,2-3,5-6,9-11H2,1H3,(H,19,21). The van der Waals surface area contributed by atoms with Crippen molar-refractivity contribution in [3.05, 3.63) is 18.5 Å². The molecular formula is C15H23N5O. The quantitative estimate of drug-likeness (QED) is 0.857. The minimum absolute atomic E-state index is 0.126. The number of piperidine rings is 1. The second-order valence-corrected chi connectivity index (χ2v) is 6.17. The maximum absolute atomic E-state index is 12.5. The number of amides is 1. The number of carbonyl (C=O) groups excluding carboxylic acids is 1. The summed E-state index contributed by atoms with van der Waals surface area (Å²) in [5.74, 6) is 0.877. The number of aromatic nitrogens is 2. The van der Waals surface area contributed by atoms with Gasteiger partial charge in [-0.05, 0) is 45.2 Å². The van der Waals surface area contributed by atoms with E-state index >= 15 is 0 Å². The van der Waals surface area contributed by atoms with Crippen molar-refractivity contribution < 1.29 is 4.79 Å². The summed E-state index contributed by atoms with van der Waals surface area (Å²) >= 11 is 0. The van der Waals surface area contributed by atoms with Gasteiger partial charge >= 0.3 is 0 Å². The molecule has 6 heteroatoms. The first-order valence-corrected chi connectivity index (χ1v) is 7.75. The lowest BCUT2D eigenvalue weighted by Gasteiger charge is -2.35. The Balaban J connectivity index is 1.60. The number of hydrogen-bond donors (Lipinski definition) is 2. The van der Waals surface area contributed by atoms with E-state index in [1.807, 2.05) is 13.0 Å². The van der Waals surface area contributed by atoms with Gasteiger partial charge in [0.05, 0.1) is 5.54 Å². The molecule has 3 heterocycles. The average Bonchev–Trinajstić information content (AvgIpc) is 2.97. The zero-order valence-electron chi connectivity index (χ0n) is 12.5. The van der Waals surface area contributed by atoms with Crippen molar-refractivity contribution in [3.63, 3.8) is 0 Å². The molecule has 0 bridgehead atoms. The highest BCUT2D eigenvalue weighted by Crippen LogP contribution is 2.20. The van der Waals surface area contributed by atoms with Gasteiger partial charge in [0.25, 0.3) is 0 Å². The Hall–Kier alpha value is -1.69. The normalized spacial score (nSPS) is 29.4. The number of carbonyl (C=O) groups is 1. The molecule has 2 aliphatic heterocycles. The van der Waals surface area contributed by atoms with Crippen LogP contribution in [-0.2, 0) is 4.79 Å². The van der Waals surface area contributed by atoms with Gasteiger partial charge in [-0.2, -0.15) is 0 Å². The number of nitrogens with zero attached hydrogens (tertiary/aromatic N) is 3. The molecule has 3 rings (SSSR count). The maximum atomic E-state index is 12.5. The van der Waals surface area contributed by atoms with Crippen molar-refractivity contribution in [1.29, 1.82) is 0 Å². The average molecular weight is 289 g/mol. The van der Waals surface area contributed by atoms with Crippen molar-refractivity contribution in [2.75, 3.05) is 24.5 Å². The van der Waals surface area contributed by atoms with E-state index in [-0.39, 0.29) is 11.9 Å². The summed E-state index contributed by atoms with van der Waals surface area (Å²) in [6.07, 6.45) is 7.57. The van der Waals surface area contributed by atoms with Crippen LogP contribution in [0.3, 0.4) is 0 Å². The summed E-state index contributed by atoms with van der Waals surface area (Å²) in [4.78, 5) is 23.2. The summed E-state index contributed by atoms with van der Waals surface area (Å²) in [6.45, 7) is 4.66. The Morgan fingerprint density at radius 2 is 2.24 bits per heavy atom. The van der Waals surface area contributed by atoms with Crippen LogP contribution < -0.4 is 15.5 Å². The monoisotopic (exact) mass is 289 g/mol. The fourth-order valence-electron chi connectivity index (χ4n) is 3.16. The van der Waals surface area contributed by atoms with Crippen LogP contribution >= 0.6 is 0 Å². The number of hydrogen-bond acceptors (Lipinski definition) is 5. The molecule has 0 aromatic carbocycles. The molecule has 2 N–H and O–H groups in total. The van der Waals surface area contributed by atoms with Crippen molar-refractivity contribution in [2.24, 2.45) is 0 Å². The van der Waals surface area contributed by atoms with Crippen LogP contribution in [0.2, 0.25) is 0 Å². The molecule has 2 fully saturated rings. The molecule has 0 aliphatic carbocycles. The molecule has 6 nitrogen and oxygen atoms in total. The lowest BCUT2D eigenvalue weighted by Crippen LogP contribution is -2.57. The molecule has 0 radical (unpaired) electrons. The van der Waals surface area contributed by atoms with Crippen molar-refractivity contribution in [3.8, 4) is 0 Å². The zero-order valence-corrected chi connectivity index (χ0v) is 12.5. The Morgan fingerprint density at radius 3 is 2.95 bits per heavy atom. The van der Waals surface area contributed by atoms with Gasteiger partial charge in [0.2, 0.25) is 11.9 Å². The summed E-state index contributed by atoms with van der Waals surface area (Å²) in [7, 11) is 0. The van der Waals surface area contributed by atoms with Crippen molar-refractivity contribution >= 4 is 11.9 Å². The summed E-state index contributed by atoms with van der Waals surface area (Å²) in [5, 5.41) is 6.52. The molecule has 2 saturated heterocycles. The maximum Gasteiger partial charge on any atom is 0.240 e. The molecule has 1 aromatic heterocycles. The fraction of sp³-hybridized carbons (Fsp3) is 0.667. The summed E-state index contributed by atoms with van der Waals surface area (Å²) in [6, 6.07) is 1.99. The highest BCUT2D eigenvalue weighted by molar-refractivity contribution is 5.86. The van der Waals surface area contributed by atoms with Crippen LogP contribution in [0, 0.1) is 0 Å². The van der Waals surface area contributed by atoms with Crippen LogP contribution in [0.5, 0.6) is 0 Å². The van der Waals surface area contributed by atoms with Crippen LogP contribution in [0.1, 0.15) is 32.6 Å². The molecular weight excluding hydrogens is 266 g/mol. The second-order valence-electron chi connectivity index (χ2n) is 6.17. The van der Waals surface area contributed by atoms with Crippen LogP contribution in [0.15, 0.2) is 18.5 Å². The summed E-state index contributed by atoms with van der Waals surface area (Å²) in [5.41, 5.74) is -0.397. The predicted octanol–water partition coefficient (Wildman–Crippen LogP) is 0.704. The smallest absolute Gasteiger partial charge is 0.240 e. The Kier molecular flexibility index (Phi) is 4.05. The predicted molar refractivity (Wildman–Crippen MR) is 81.1 cm³/mol. The first-order valence-electron chi connectivity index (χ1n) is 7.75. The van der Waals surface area contributed by atoms with Crippen LogP contribution in [0.4, 0.5) is 5.95 Å². The van der Waals surface area contributed by atoms with Crippen LogP contribution in [0.25, 0.3) is 0 Å². The lowest BCUT2D eigenvalue weighted by molar-refractivity contribution is -0.127. The molecule has 21 heavy (non-hydrogen) atoms. The molecule has 0 saturated carbocycles. The van der Waals surface area contributed by atoms with E-state index in [0.29, 0.717) is 0 Å². The molecule has 1 amide bonds. The first kappa shape index (κ1) is 14.3. The fourth-order valence-corrected chi connectivity index (χ4v) is 3.16. The molecule has 2 unspecified atom stereocenters. The van der Waals surface area contributed by atoms with Gasteiger partial charge in [-0.1, -0.05) is 0 Å². The van der Waals surface area contributed by atoms with Gasteiger partial charge in [-0.3, -0.25) is 4.79 Å². The SMILES string of the molecule is CC1(C(=O)NC2CCCN(c3ncccn3)C2)CCCN1. The summed E-state index contributed by atoms with van der Waals surface area (Å²) < 4.78 is 0. The van der Waals surface area contributed by atoms with Crippen molar-refractivity contribution in [1.82, 2.24) is 20.6 Å². The van der Waals surface area contributed by atoms with E-state index in [4.69, 9.17) is 0 Å². The lowest BCUT2D eigenvalue weighted by atomic mass is 9.97. The van der Waals surface area contributed by atoms with Gasteiger partial charge in [0, 0.05) is 31.5 Å². The Labute approximate surface area is 125 Å². The molecule has 1 aromatic rings. The van der Waals surface area contributed by atoms with Gasteiger partial charge < -0.3 is 15.5 Å². The van der Waals surface area contributed by atoms with Gasteiger partial charge in [-0.15, -0.1) is 0 Å². The molecule has 0 spiro atoms. The van der Waals surface area contributed by atoms with Crippen molar-refractivity contribution in [2.45, 2.75) is 44.2 Å². The third-order valence-corrected chi connectivity index (χ3v) is 4.46. The van der Waals surface area contributed by atoms with E-state index in [9.17, 15) is 4.79 Å². The number of rotatable bonds is 3. The zero-order chi connectivity index (χ0) is 14.7. The van der Waals surface area contributed by atoms with Gasteiger partial charge in [0.1, 0.15) is 0 Å².